The van der Waals surface area contributed by atoms with Gasteiger partial charge in [-0.2, -0.15) is 4.39 Å². The van der Waals surface area contributed by atoms with Crippen molar-refractivity contribution in [2.75, 3.05) is 6.61 Å². The van der Waals surface area contributed by atoms with Crippen molar-refractivity contribution in [2.24, 2.45) is 5.92 Å². The molecule has 1 fully saturated rings. The summed E-state index contributed by atoms with van der Waals surface area (Å²) in [5, 5.41) is 0. The van der Waals surface area contributed by atoms with Crippen LogP contribution in [0.4, 0.5) is 8.78 Å². The average molecular weight is 358 g/mol. The van der Waals surface area contributed by atoms with Crippen molar-refractivity contribution in [3.63, 3.8) is 0 Å². The molecule has 0 atom stereocenters. The van der Waals surface area contributed by atoms with Gasteiger partial charge >= 0.3 is 0 Å². The molecular formula is C21H24F2N2O. The van der Waals surface area contributed by atoms with Crippen molar-refractivity contribution in [1.29, 1.82) is 0 Å². The predicted molar refractivity (Wildman–Crippen MR) is 98.1 cm³/mol. The molecule has 0 amide bonds. The molecule has 1 heterocycles. The fourth-order valence-electron chi connectivity index (χ4n) is 3.58. The third-order valence-electron chi connectivity index (χ3n) is 4.97. The van der Waals surface area contributed by atoms with E-state index in [-0.39, 0.29) is 23.7 Å². The minimum Gasteiger partial charge on any atom is -0.491 e. The van der Waals surface area contributed by atoms with Crippen LogP contribution in [0.25, 0.3) is 11.4 Å². The molecule has 0 aliphatic heterocycles. The maximum Gasteiger partial charge on any atom is 0.201 e. The molecule has 2 aromatic rings. The molecule has 5 heteroatoms. The van der Waals surface area contributed by atoms with E-state index in [2.05, 4.69) is 29.0 Å². The predicted octanol–water partition coefficient (Wildman–Crippen LogP) is 5.67. The van der Waals surface area contributed by atoms with E-state index in [1.807, 2.05) is 0 Å². The molecule has 0 N–H and O–H groups in total. The van der Waals surface area contributed by atoms with E-state index >= 15 is 0 Å². The number of halogens is 2. The monoisotopic (exact) mass is 358 g/mol. The summed E-state index contributed by atoms with van der Waals surface area (Å²) in [7, 11) is 0. The van der Waals surface area contributed by atoms with Gasteiger partial charge in [0.25, 0.3) is 0 Å². The van der Waals surface area contributed by atoms with Crippen LogP contribution >= 0.6 is 0 Å². The maximum absolute atomic E-state index is 14.3. The van der Waals surface area contributed by atoms with E-state index in [1.54, 1.807) is 19.3 Å². The van der Waals surface area contributed by atoms with E-state index in [0.717, 1.165) is 31.2 Å². The number of aromatic nitrogens is 2. The normalized spacial score (nSPS) is 20.5. The van der Waals surface area contributed by atoms with Gasteiger partial charge in [0.1, 0.15) is 0 Å². The molecule has 0 saturated heterocycles. The van der Waals surface area contributed by atoms with Crippen LogP contribution in [-0.4, -0.2) is 16.6 Å². The maximum atomic E-state index is 14.3. The summed E-state index contributed by atoms with van der Waals surface area (Å²) in [6.45, 7) is 4.05. The minimum absolute atomic E-state index is 0.0503. The molecule has 0 radical (unpaired) electrons. The van der Waals surface area contributed by atoms with Gasteiger partial charge in [-0.25, -0.2) is 14.4 Å². The first kappa shape index (κ1) is 18.5. The molecule has 3 rings (SSSR count). The van der Waals surface area contributed by atoms with Gasteiger partial charge in [-0.3, -0.25) is 0 Å². The van der Waals surface area contributed by atoms with E-state index in [9.17, 15) is 8.78 Å². The van der Waals surface area contributed by atoms with Gasteiger partial charge in [0.05, 0.1) is 12.2 Å². The number of rotatable bonds is 5. The largest absolute Gasteiger partial charge is 0.491 e. The van der Waals surface area contributed by atoms with Crippen LogP contribution in [0.5, 0.6) is 5.75 Å². The summed E-state index contributed by atoms with van der Waals surface area (Å²) in [5.41, 5.74) is 1.12. The number of hydrogen-bond acceptors (Lipinski definition) is 3. The van der Waals surface area contributed by atoms with Crippen LogP contribution < -0.4 is 4.74 Å². The summed E-state index contributed by atoms with van der Waals surface area (Å²) in [6.07, 6.45) is 12.4. The van der Waals surface area contributed by atoms with Gasteiger partial charge in [-0.05, 0) is 69.1 Å². The van der Waals surface area contributed by atoms with E-state index in [4.69, 9.17) is 4.74 Å². The molecule has 138 valence electrons. The summed E-state index contributed by atoms with van der Waals surface area (Å²) in [4.78, 5) is 8.57. The Kier molecular flexibility index (Phi) is 5.96. The molecule has 0 bridgehead atoms. The van der Waals surface area contributed by atoms with Crippen molar-refractivity contribution in [2.45, 2.75) is 45.4 Å². The molecule has 3 nitrogen and oxygen atoms in total. The molecule has 1 aromatic heterocycles. The van der Waals surface area contributed by atoms with Crippen LogP contribution in [-0.2, 0) is 0 Å². The molecule has 1 saturated carbocycles. The Morgan fingerprint density at radius 3 is 2.38 bits per heavy atom. The zero-order valence-electron chi connectivity index (χ0n) is 15.2. The number of hydrogen-bond donors (Lipinski definition) is 0. The lowest BCUT2D eigenvalue weighted by atomic mass is 9.79. The average Bonchev–Trinajstić information content (AvgIpc) is 2.67. The highest BCUT2D eigenvalue weighted by Crippen LogP contribution is 2.36. The quantitative estimate of drug-likeness (QED) is 0.646. The Morgan fingerprint density at radius 2 is 1.77 bits per heavy atom. The van der Waals surface area contributed by atoms with E-state index in [1.165, 1.54) is 12.1 Å². The first-order valence-electron chi connectivity index (χ1n) is 9.20. The number of ether oxygens (including phenoxy) is 1. The van der Waals surface area contributed by atoms with Crippen molar-refractivity contribution in [1.82, 2.24) is 9.97 Å². The van der Waals surface area contributed by atoms with Gasteiger partial charge in [-0.15, -0.1) is 0 Å². The summed E-state index contributed by atoms with van der Waals surface area (Å²) in [5.74, 6) is -0.779. The second-order valence-corrected chi connectivity index (χ2v) is 6.65. The summed E-state index contributed by atoms with van der Waals surface area (Å²) >= 11 is 0. The van der Waals surface area contributed by atoms with E-state index < -0.39 is 11.6 Å². The highest BCUT2D eigenvalue weighted by Gasteiger charge is 2.22. The fourth-order valence-corrected chi connectivity index (χ4v) is 3.58. The summed E-state index contributed by atoms with van der Waals surface area (Å²) in [6, 6.07) is 2.87. The number of benzene rings is 1. The van der Waals surface area contributed by atoms with Gasteiger partial charge in [-0.1, -0.05) is 12.2 Å². The third kappa shape index (κ3) is 3.92. The van der Waals surface area contributed by atoms with Gasteiger partial charge in [0.15, 0.2) is 17.4 Å². The lowest BCUT2D eigenvalue weighted by Gasteiger charge is -2.26. The Labute approximate surface area is 153 Å². The second-order valence-electron chi connectivity index (χ2n) is 6.65. The SMILES string of the molecule is C/C=C/C1CCC(c2cnc(-c3ccc(OCC)c(F)c3F)nc2)CC1. The lowest BCUT2D eigenvalue weighted by molar-refractivity contribution is 0.314. The Balaban J connectivity index is 1.75. The highest BCUT2D eigenvalue weighted by atomic mass is 19.2. The Hall–Kier alpha value is -2.30. The number of nitrogens with zero attached hydrogens (tertiary/aromatic N) is 2. The topological polar surface area (TPSA) is 35.0 Å². The van der Waals surface area contributed by atoms with Gasteiger partial charge in [0, 0.05) is 12.4 Å². The fraction of sp³-hybridized carbons (Fsp3) is 0.429. The van der Waals surface area contributed by atoms with Crippen LogP contribution in [0.15, 0.2) is 36.7 Å². The molecular weight excluding hydrogens is 334 g/mol. The van der Waals surface area contributed by atoms with E-state index in [0.29, 0.717) is 11.8 Å². The molecule has 26 heavy (non-hydrogen) atoms. The number of allylic oxidation sites excluding steroid dienone is 2. The first-order valence-corrected chi connectivity index (χ1v) is 9.20. The van der Waals surface area contributed by atoms with Gasteiger partial charge in [0.2, 0.25) is 5.82 Å². The Morgan fingerprint density at radius 1 is 1.08 bits per heavy atom. The third-order valence-corrected chi connectivity index (χ3v) is 4.97. The van der Waals surface area contributed by atoms with Crippen LogP contribution in [0.1, 0.15) is 51.0 Å². The standard InChI is InChI=1S/C21H24F2N2O/c1-3-5-14-6-8-15(9-7-14)16-12-24-21(25-13-16)17-10-11-18(26-4-2)20(23)19(17)22/h3,5,10-15H,4,6-9H2,1-2H3/b5-3+. The highest BCUT2D eigenvalue weighted by molar-refractivity contribution is 5.57. The molecule has 1 aliphatic rings. The zero-order chi connectivity index (χ0) is 18.5. The van der Waals surface area contributed by atoms with Crippen LogP contribution in [0.2, 0.25) is 0 Å². The first-order chi connectivity index (χ1) is 12.6. The van der Waals surface area contributed by atoms with Crippen LogP contribution in [0.3, 0.4) is 0 Å². The summed E-state index contributed by atoms with van der Waals surface area (Å²) < 4.78 is 33.4. The van der Waals surface area contributed by atoms with Crippen molar-refractivity contribution in [3.05, 3.63) is 53.9 Å². The van der Waals surface area contributed by atoms with Crippen molar-refractivity contribution < 1.29 is 13.5 Å². The zero-order valence-corrected chi connectivity index (χ0v) is 15.2. The van der Waals surface area contributed by atoms with Crippen molar-refractivity contribution in [3.8, 4) is 17.1 Å². The molecule has 1 aliphatic carbocycles. The molecule has 0 spiro atoms. The Bertz CT molecular complexity index is 766. The smallest absolute Gasteiger partial charge is 0.201 e. The second kappa shape index (κ2) is 8.39. The van der Waals surface area contributed by atoms with Crippen LogP contribution in [0, 0.1) is 17.6 Å². The molecule has 0 unspecified atom stereocenters. The van der Waals surface area contributed by atoms with Crippen molar-refractivity contribution >= 4 is 0 Å². The minimum atomic E-state index is -1.00. The molecule has 1 aromatic carbocycles. The van der Waals surface area contributed by atoms with Gasteiger partial charge < -0.3 is 4.74 Å². The lowest BCUT2D eigenvalue weighted by Crippen LogP contribution is -2.12.